The molecule has 18 heavy (non-hydrogen) atoms. The van der Waals surface area contributed by atoms with Crippen LogP contribution in [0.5, 0.6) is 0 Å². The highest BCUT2D eigenvalue weighted by atomic mass is 14.9. The van der Waals surface area contributed by atoms with Gasteiger partial charge in [-0.2, -0.15) is 5.26 Å². The summed E-state index contributed by atoms with van der Waals surface area (Å²) in [5, 5.41) is 12.1. The molecule has 0 amide bonds. The number of benzene rings is 1. The molecule has 1 heterocycles. The lowest BCUT2D eigenvalue weighted by atomic mass is 10.1. The summed E-state index contributed by atoms with van der Waals surface area (Å²) in [6.07, 6.45) is 2.71. The van der Waals surface area contributed by atoms with Gasteiger partial charge in [-0.3, -0.25) is 0 Å². The van der Waals surface area contributed by atoms with E-state index in [1.54, 1.807) is 12.3 Å². The van der Waals surface area contributed by atoms with Crippen LogP contribution in [0.2, 0.25) is 0 Å². The Morgan fingerprint density at radius 3 is 2.61 bits per heavy atom. The van der Waals surface area contributed by atoms with Gasteiger partial charge in [0.1, 0.15) is 11.8 Å². The summed E-state index contributed by atoms with van der Waals surface area (Å²) >= 11 is 0. The molecule has 1 aromatic heterocycles. The molecule has 0 fully saturated rings. The van der Waals surface area contributed by atoms with E-state index in [0.29, 0.717) is 12.2 Å². The normalized spacial score (nSPS) is 9.78. The number of pyridine rings is 1. The van der Waals surface area contributed by atoms with Crippen LogP contribution < -0.4 is 5.32 Å². The van der Waals surface area contributed by atoms with Crippen molar-refractivity contribution < 1.29 is 0 Å². The molecular formula is C15H15N3. The van der Waals surface area contributed by atoms with Crippen LogP contribution in [0.4, 0.5) is 5.69 Å². The van der Waals surface area contributed by atoms with Crippen LogP contribution in [-0.2, 0) is 13.0 Å². The number of rotatable bonds is 4. The number of hydrogen-bond acceptors (Lipinski definition) is 3. The molecule has 1 aromatic carbocycles. The van der Waals surface area contributed by atoms with Gasteiger partial charge in [-0.25, -0.2) is 4.98 Å². The standard InChI is InChI=1S/C15H15N3/c1-2-12-3-5-14(6-4-12)18-11-13-7-8-17-15(9-13)10-16/h3-9,18H,2,11H2,1H3. The highest BCUT2D eigenvalue weighted by Gasteiger charge is 1.97. The Morgan fingerprint density at radius 2 is 1.94 bits per heavy atom. The molecule has 0 aliphatic rings. The van der Waals surface area contributed by atoms with Gasteiger partial charge in [0.05, 0.1) is 0 Å². The van der Waals surface area contributed by atoms with Crippen LogP contribution in [0.15, 0.2) is 42.6 Å². The first-order chi connectivity index (χ1) is 8.81. The number of hydrogen-bond donors (Lipinski definition) is 1. The van der Waals surface area contributed by atoms with E-state index >= 15 is 0 Å². The lowest BCUT2D eigenvalue weighted by Crippen LogP contribution is -2.00. The molecule has 0 aliphatic carbocycles. The minimum absolute atomic E-state index is 0.454. The quantitative estimate of drug-likeness (QED) is 0.888. The lowest BCUT2D eigenvalue weighted by Gasteiger charge is -2.07. The number of aromatic nitrogens is 1. The maximum absolute atomic E-state index is 8.77. The van der Waals surface area contributed by atoms with Gasteiger partial charge in [0.2, 0.25) is 0 Å². The highest BCUT2D eigenvalue weighted by Crippen LogP contribution is 2.11. The fourth-order valence-corrected chi connectivity index (χ4v) is 1.71. The topological polar surface area (TPSA) is 48.7 Å². The lowest BCUT2D eigenvalue weighted by molar-refractivity contribution is 1.11. The van der Waals surface area contributed by atoms with Gasteiger partial charge in [0, 0.05) is 18.4 Å². The van der Waals surface area contributed by atoms with Crippen molar-refractivity contribution in [2.45, 2.75) is 19.9 Å². The average Bonchev–Trinajstić information content (AvgIpc) is 2.46. The Hall–Kier alpha value is -2.34. The fourth-order valence-electron chi connectivity index (χ4n) is 1.71. The zero-order valence-electron chi connectivity index (χ0n) is 10.4. The number of nitrogens with zero attached hydrogens (tertiary/aromatic N) is 2. The minimum Gasteiger partial charge on any atom is -0.381 e. The Morgan fingerprint density at radius 1 is 1.17 bits per heavy atom. The second-order valence-electron chi connectivity index (χ2n) is 4.07. The zero-order valence-corrected chi connectivity index (χ0v) is 10.4. The van der Waals surface area contributed by atoms with E-state index in [2.05, 4.69) is 41.5 Å². The van der Waals surface area contributed by atoms with Crippen molar-refractivity contribution in [1.82, 2.24) is 4.98 Å². The van der Waals surface area contributed by atoms with Crippen molar-refractivity contribution >= 4 is 5.69 Å². The molecule has 0 spiro atoms. The first kappa shape index (κ1) is 12.1. The van der Waals surface area contributed by atoms with Gasteiger partial charge >= 0.3 is 0 Å². The summed E-state index contributed by atoms with van der Waals surface area (Å²) < 4.78 is 0. The van der Waals surface area contributed by atoms with E-state index in [9.17, 15) is 0 Å². The zero-order chi connectivity index (χ0) is 12.8. The third-order valence-electron chi connectivity index (χ3n) is 2.80. The molecule has 0 saturated carbocycles. The summed E-state index contributed by atoms with van der Waals surface area (Å²) in [7, 11) is 0. The van der Waals surface area contributed by atoms with Crippen molar-refractivity contribution in [2.24, 2.45) is 0 Å². The minimum atomic E-state index is 0.454. The molecule has 0 aliphatic heterocycles. The van der Waals surface area contributed by atoms with Gasteiger partial charge in [0.25, 0.3) is 0 Å². The van der Waals surface area contributed by atoms with E-state index in [1.165, 1.54) is 5.56 Å². The van der Waals surface area contributed by atoms with Gasteiger partial charge in [0.15, 0.2) is 0 Å². The van der Waals surface area contributed by atoms with Crippen molar-refractivity contribution in [3.63, 3.8) is 0 Å². The Balaban J connectivity index is 2.00. The molecule has 0 radical (unpaired) electrons. The summed E-state index contributed by atoms with van der Waals surface area (Å²) in [4.78, 5) is 3.95. The molecule has 0 atom stereocenters. The van der Waals surface area contributed by atoms with Gasteiger partial charge < -0.3 is 5.32 Å². The highest BCUT2D eigenvalue weighted by molar-refractivity contribution is 5.45. The molecular weight excluding hydrogens is 222 g/mol. The number of aryl methyl sites for hydroxylation is 1. The average molecular weight is 237 g/mol. The van der Waals surface area contributed by atoms with Crippen LogP contribution in [-0.4, -0.2) is 4.98 Å². The van der Waals surface area contributed by atoms with E-state index in [1.807, 2.05) is 12.1 Å². The summed E-state index contributed by atoms with van der Waals surface area (Å²) in [6, 6.07) is 14.1. The van der Waals surface area contributed by atoms with Crippen molar-refractivity contribution in [3.8, 4) is 6.07 Å². The van der Waals surface area contributed by atoms with Crippen LogP contribution >= 0.6 is 0 Å². The predicted molar refractivity (Wildman–Crippen MR) is 72.1 cm³/mol. The van der Waals surface area contributed by atoms with E-state index < -0.39 is 0 Å². The van der Waals surface area contributed by atoms with E-state index in [0.717, 1.165) is 17.7 Å². The molecule has 0 unspecified atom stereocenters. The van der Waals surface area contributed by atoms with Gasteiger partial charge in [-0.05, 0) is 41.8 Å². The van der Waals surface area contributed by atoms with Crippen LogP contribution in [0, 0.1) is 11.3 Å². The van der Waals surface area contributed by atoms with Gasteiger partial charge in [-0.1, -0.05) is 19.1 Å². The molecule has 3 heteroatoms. The van der Waals surface area contributed by atoms with Crippen LogP contribution in [0.25, 0.3) is 0 Å². The summed E-state index contributed by atoms with van der Waals surface area (Å²) in [5.41, 5.74) is 3.93. The Labute approximate surface area is 107 Å². The smallest absolute Gasteiger partial charge is 0.140 e. The SMILES string of the molecule is CCc1ccc(NCc2ccnc(C#N)c2)cc1. The molecule has 3 nitrogen and oxygen atoms in total. The fraction of sp³-hybridized carbons (Fsp3) is 0.200. The number of nitrogens with one attached hydrogen (secondary N) is 1. The van der Waals surface area contributed by atoms with E-state index in [4.69, 9.17) is 5.26 Å². The van der Waals surface area contributed by atoms with Crippen LogP contribution in [0.1, 0.15) is 23.7 Å². The van der Waals surface area contributed by atoms with Crippen molar-refractivity contribution in [3.05, 3.63) is 59.4 Å². The Kier molecular flexibility index (Phi) is 3.93. The van der Waals surface area contributed by atoms with Crippen molar-refractivity contribution in [2.75, 3.05) is 5.32 Å². The molecule has 0 saturated heterocycles. The first-order valence-electron chi connectivity index (χ1n) is 5.99. The number of anilines is 1. The number of nitriles is 1. The van der Waals surface area contributed by atoms with Crippen LogP contribution in [0.3, 0.4) is 0 Å². The molecule has 1 N–H and O–H groups in total. The summed E-state index contributed by atoms with van der Waals surface area (Å²) in [6.45, 7) is 2.84. The predicted octanol–water partition coefficient (Wildman–Crippen LogP) is 3.13. The largest absolute Gasteiger partial charge is 0.381 e. The molecule has 0 bridgehead atoms. The van der Waals surface area contributed by atoms with E-state index in [-0.39, 0.29) is 0 Å². The first-order valence-corrected chi connectivity index (χ1v) is 5.99. The maximum atomic E-state index is 8.77. The van der Waals surface area contributed by atoms with Gasteiger partial charge in [-0.15, -0.1) is 0 Å². The molecule has 2 rings (SSSR count). The Bertz CT molecular complexity index is 553. The summed E-state index contributed by atoms with van der Waals surface area (Å²) in [5.74, 6) is 0. The third-order valence-corrected chi connectivity index (χ3v) is 2.80. The third kappa shape index (κ3) is 3.08. The second kappa shape index (κ2) is 5.83. The second-order valence-corrected chi connectivity index (χ2v) is 4.07. The molecule has 90 valence electrons. The maximum Gasteiger partial charge on any atom is 0.140 e. The monoisotopic (exact) mass is 237 g/mol. The van der Waals surface area contributed by atoms with Crippen molar-refractivity contribution in [1.29, 1.82) is 5.26 Å². The molecule has 2 aromatic rings.